The third kappa shape index (κ3) is 3.82. The van der Waals surface area contributed by atoms with Crippen molar-refractivity contribution in [1.82, 2.24) is 0 Å². The molecule has 2 rings (SSSR count). The summed E-state index contributed by atoms with van der Waals surface area (Å²) in [5.74, 6) is -1.77. The van der Waals surface area contributed by atoms with E-state index in [4.69, 9.17) is 32.7 Å². The topological polar surface area (TPSA) is 81.7 Å². The van der Waals surface area contributed by atoms with Crippen molar-refractivity contribution in [2.24, 2.45) is 5.41 Å². The molecule has 1 aliphatic carbocycles. The molecule has 0 heterocycles. The van der Waals surface area contributed by atoms with E-state index in [0.29, 0.717) is 0 Å². The number of para-hydroxylation sites is 1. The van der Waals surface area contributed by atoms with Crippen LogP contribution in [0.3, 0.4) is 0 Å². The molecule has 1 aromatic carbocycles. The van der Waals surface area contributed by atoms with Gasteiger partial charge in [-0.1, -0.05) is 12.1 Å². The summed E-state index contributed by atoms with van der Waals surface area (Å²) in [5.41, 5.74) is -0.508. The number of halogens is 2. The van der Waals surface area contributed by atoms with E-state index in [-0.39, 0.29) is 24.3 Å². The van der Waals surface area contributed by atoms with E-state index in [1.807, 2.05) is 0 Å². The number of esters is 2. The van der Waals surface area contributed by atoms with Crippen molar-refractivity contribution < 1.29 is 23.9 Å². The molecule has 0 saturated heterocycles. The van der Waals surface area contributed by atoms with Crippen LogP contribution in [0.2, 0.25) is 0 Å². The van der Waals surface area contributed by atoms with Gasteiger partial charge in [-0.2, -0.15) is 0 Å². The highest BCUT2D eigenvalue weighted by Crippen LogP contribution is 2.64. The van der Waals surface area contributed by atoms with Crippen LogP contribution in [0.4, 0.5) is 5.69 Å². The normalized spacial score (nSPS) is 20.8. The number of hydrogen-bond donors (Lipinski definition) is 1. The van der Waals surface area contributed by atoms with Gasteiger partial charge >= 0.3 is 11.9 Å². The lowest BCUT2D eigenvalue weighted by atomic mass is 10.1. The minimum Gasteiger partial charge on any atom is -0.462 e. The summed E-state index contributed by atoms with van der Waals surface area (Å²) in [6.07, 6.45) is 0.273. The molecule has 1 aliphatic rings. The number of anilines is 1. The summed E-state index contributed by atoms with van der Waals surface area (Å²) in [5, 5.41) is 2.51. The average Bonchev–Trinajstić information content (AvgIpc) is 3.05. The first-order chi connectivity index (χ1) is 11.2. The maximum Gasteiger partial charge on any atom is 0.340 e. The zero-order chi connectivity index (χ0) is 18.0. The number of carbonyl (C=O) groups is 3. The van der Waals surface area contributed by atoms with Gasteiger partial charge in [-0.05, 0) is 26.0 Å². The lowest BCUT2D eigenvalue weighted by molar-refractivity contribution is -0.152. The van der Waals surface area contributed by atoms with E-state index in [9.17, 15) is 14.4 Å². The fraction of sp³-hybridized carbons (Fsp3) is 0.438. The molecular weight excluding hydrogens is 357 g/mol. The quantitative estimate of drug-likeness (QED) is 0.612. The summed E-state index contributed by atoms with van der Waals surface area (Å²) < 4.78 is 8.71. The Balaban J connectivity index is 1.94. The fourth-order valence-corrected chi connectivity index (χ4v) is 2.77. The summed E-state index contributed by atoms with van der Waals surface area (Å²) in [6, 6.07) is 6.39. The van der Waals surface area contributed by atoms with Crippen molar-refractivity contribution in [1.29, 1.82) is 0 Å². The molecule has 24 heavy (non-hydrogen) atoms. The number of benzene rings is 1. The molecule has 1 fully saturated rings. The van der Waals surface area contributed by atoms with E-state index >= 15 is 0 Å². The smallest absolute Gasteiger partial charge is 0.340 e. The predicted octanol–water partition coefficient (Wildman–Crippen LogP) is 2.93. The fourth-order valence-electron chi connectivity index (χ4n) is 2.08. The molecule has 0 aliphatic heterocycles. The monoisotopic (exact) mass is 373 g/mol. The van der Waals surface area contributed by atoms with Gasteiger partial charge in [0.1, 0.15) is 9.75 Å². The molecule has 1 amide bonds. The Morgan fingerprint density at radius 1 is 1.21 bits per heavy atom. The van der Waals surface area contributed by atoms with Crippen molar-refractivity contribution in [3.8, 4) is 0 Å². The van der Waals surface area contributed by atoms with E-state index in [2.05, 4.69) is 5.32 Å². The van der Waals surface area contributed by atoms with Crippen molar-refractivity contribution in [2.45, 2.75) is 24.6 Å². The van der Waals surface area contributed by atoms with Gasteiger partial charge in [-0.3, -0.25) is 9.59 Å². The third-order valence-electron chi connectivity index (χ3n) is 3.74. The molecule has 0 bridgehead atoms. The second-order valence-corrected chi connectivity index (χ2v) is 7.09. The highest BCUT2D eigenvalue weighted by atomic mass is 35.5. The van der Waals surface area contributed by atoms with Gasteiger partial charge in [0, 0.05) is 6.42 Å². The van der Waals surface area contributed by atoms with Crippen LogP contribution in [0.25, 0.3) is 0 Å². The van der Waals surface area contributed by atoms with Crippen molar-refractivity contribution in [2.75, 3.05) is 18.5 Å². The number of ether oxygens (including phenoxy) is 2. The average molecular weight is 374 g/mol. The summed E-state index contributed by atoms with van der Waals surface area (Å²) >= 11 is 11.8. The van der Waals surface area contributed by atoms with Crippen LogP contribution in [0.1, 0.15) is 30.6 Å². The first kappa shape index (κ1) is 18.5. The highest BCUT2D eigenvalue weighted by Gasteiger charge is 2.69. The van der Waals surface area contributed by atoms with Crippen molar-refractivity contribution in [3.63, 3.8) is 0 Å². The molecular formula is C16H17Cl2NO5. The van der Waals surface area contributed by atoms with Gasteiger partial charge in [0.25, 0.3) is 5.91 Å². The summed E-state index contributed by atoms with van der Waals surface area (Å²) in [6.45, 7) is 2.97. The van der Waals surface area contributed by atoms with Gasteiger partial charge in [0.05, 0.1) is 17.9 Å². The maximum absolute atomic E-state index is 12.0. The van der Waals surface area contributed by atoms with Crippen LogP contribution < -0.4 is 5.32 Å². The molecule has 130 valence electrons. The summed E-state index contributed by atoms with van der Waals surface area (Å²) in [4.78, 5) is 35.7. The van der Waals surface area contributed by atoms with Crippen LogP contribution in [0, 0.1) is 5.41 Å². The van der Waals surface area contributed by atoms with Crippen LogP contribution in [0.15, 0.2) is 24.3 Å². The standard InChI is InChI=1S/C16H17Cl2NO5/c1-3-23-13(21)10-6-4-5-7-11(10)19-12(20)8-24-14(22)15(2)9-16(15,17)18/h4-7H,3,8-9H2,1-2H3,(H,19,20)/t15-/m0/s1. The van der Waals surface area contributed by atoms with Crippen molar-refractivity contribution >= 4 is 46.7 Å². The third-order valence-corrected chi connectivity index (χ3v) is 4.84. The SMILES string of the molecule is CCOC(=O)c1ccccc1NC(=O)COC(=O)[C@]1(C)CC1(Cl)Cl. The first-order valence-electron chi connectivity index (χ1n) is 7.32. The van der Waals surface area contributed by atoms with Crippen LogP contribution in [-0.2, 0) is 19.1 Å². The Morgan fingerprint density at radius 3 is 2.42 bits per heavy atom. The molecule has 1 saturated carbocycles. The molecule has 0 radical (unpaired) electrons. The van der Waals surface area contributed by atoms with Crippen LogP contribution in [0.5, 0.6) is 0 Å². The molecule has 1 aromatic rings. The van der Waals surface area contributed by atoms with E-state index in [0.717, 1.165) is 0 Å². The molecule has 0 aromatic heterocycles. The largest absolute Gasteiger partial charge is 0.462 e. The Morgan fingerprint density at radius 2 is 1.83 bits per heavy atom. The zero-order valence-electron chi connectivity index (χ0n) is 13.2. The molecule has 6 nitrogen and oxygen atoms in total. The Kier molecular flexibility index (Phi) is 5.40. The Hall–Kier alpha value is -1.79. The summed E-state index contributed by atoms with van der Waals surface area (Å²) in [7, 11) is 0. The van der Waals surface area contributed by atoms with Crippen LogP contribution >= 0.6 is 23.2 Å². The molecule has 0 unspecified atom stereocenters. The molecule has 8 heteroatoms. The second kappa shape index (κ2) is 6.99. The number of nitrogens with one attached hydrogen (secondary N) is 1. The van der Waals surface area contributed by atoms with Crippen LogP contribution in [-0.4, -0.2) is 35.4 Å². The van der Waals surface area contributed by atoms with E-state index in [1.54, 1.807) is 32.0 Å². The number of amides is 1. The van der Waals surface area contributed by atoms with Gasteiger partial charge in [0.15, 0.2) is 6.61 Å². The van der Waals surface area contributed by atoms with Gasteiger partial charge < -0.3 is 14.8 Å². The molecule has 1 N–H and O–H groups in total. The minimum atomic E-state index is -1.16. The zero-order valence-corrected chi connectivity index (χ0v) is 14.7. The molecule has 1 atom stereocenters. The van der Waals surface area contributed by atoms with Gasteiger partial charge in [-0.25, -0.2) is 4.79 Å². The number of carbonyl (C=O) groups excluding carboxylic acids is 3. The second-order valence-electron chi connectivity index (χ2n) is 5.60. The van der Waals surface area contributed by atoms with Gasteiger partial charge in [-0.15, -0.1) is 23.2 Å². The number of rotatable bonds is 6. The Labute approximate surface area is 149 Å². The maximum atomic E-state index is 12.0. The number of hydrogen-bond acceptors (Lipinski definition) is 5. The lowest BCUT2D eigenvalue weighted by Crippen LogP contribution is -2.27. The minimum absolute atomic E-state index is 0.216. The predicted molar refractivity (Wildman–Crippen MR) is 89.1 cm³/mol. The lowest BCUT2D eigenvalue weighted by Gasteiger charge is -2.13. The van der Waals surface area contributed by atoms with E-state index < -0.39 is 34.2 Å². The van der Waals surface area contributed by atoms with Gasteiger partial charge in [0.2, 0.25) is 0 Å². The highest BCUT2D eigenvalue weighted by molar-refractivity contribution is 6.53. The Bertz CT molecular complexity index is 676. The van der Waals surface area contributed by atoms with Crippen molar-refractivity contribution in [3.05, 3.63) is 29.8 Å². The first-order valence-corrected chi connectivity index (χ1v) is 8.08. The molecule has 0 spiro atoms. The number of alkyl halides is 2. The van der Waals surface area contributed by atoms with E-state index in [1.165, 1.54) is 6.07 Å².